The van der Waals surface area contributed by atoms with Gasteiger partial charge >= 0.3 is 6.03 Å². The normalized spacial score (nSPS) is 24.1. The first kappa shape index (κ1) is 24.0. The van der Waals surface area contributed by atoms with Crippen molar-refractivity contribution >= 4 is 29.2 Å². The first-order chi connectivity index (χ1) is 17.1. The summed E-state index contributed by atoms with van der Waals surface area (Å²) in [5.41, 5.74) is -0.400. The van der Waals surface area contributed by atoms with Gasteiger partial charge in [-0.25, -0.2) is 4.79 Å². The zero-order chi connectivity index (χ0) is 24.3. The van der Waals surface area contributed by atoms with Crippen molar-refractivity contribution in [2.24, 2.45) is 11.8 Å². The summed E-state index contributed by atoms with van der Waals surface area (Å²) in [6.07, 6.45) is 12.1. The van der Waals surface area contributed by atoms with Crippen LogP contribution in [0.1, 0.15) is 61.8 Å². The summed E-state index contributed by atoms with van der Waals surface area (Å²) in [7, 11) is 0. The highest BCUT2D eigenvalue weighted by Gasteiger charge is 2.57. The molecule has 1 aliphatic carbocycles. The molecule has 2 aliphatic heterocycles. The van der Waals surface area contributed by atoms with Crippen molar-refractivity contribution in [1.82, 2.24) is 20.1 Å². The number of rotatable bonds is 7. The SMILES string of the molecule is O=C(CC1CCCCC1)N1CCC([C@@]2(c3cccnc3)NC(=O)N(CCc3cccs3)C2=O)CC1. The molecule has 1 N–H and O–H groups in total. The standard InChI is InChI=1S/C27H34N4O3S/c32-24(18-20-6-2-1-3-7-20)30-14-10-21(11-15-30)27(22-8-4-13-28-19-22)25(33)31(26(34)29-27)16-12-23-9-5-17-35-23/h4-5,8-9,13,17,19-21H,1-3,6-7,10-12,14-16,18H2,(H,29,34)/t27-/m0/s1. The van der Waals surface area contributed by atoms with Gasteiger partial charge in [0.15, 0.2) is 5.54 Å². The van der Waals surface area contributed by atoms with E-state index in [1.54, 1.807) is 23.7 Å². The Morgan fingerprint density at radius 2 is 1.89 bits per heavy atom. The van der Waals surface area contributed by atoms with Gasteiger partial charge in [-0.15, -0.1) is 11.3 Å². The van der Waals surface area contributed by atoms with Crippen LogP contribution in [0.25, 0.3) is 0 Å². The van der Waals surface area contributed by atoms with Crippen LogP contribution >= 0.6 is 11.3 Å². The molecule has 4 heterocycles. The molecule has 3 aliphatic rings. The number of amides is 4. The third kappa shape index (κ3) is 4.85. The molecule has 3 fully saturated rings. The first-order valence-electron chi connectivity index (χ1n) is 12.9. The average Bonchev–Trinajstić information content (AvgIpc) is 3.50. The molecule has 1 saturated carbocycles. The Labute approximate surface area is 210 Å². The summed E-state index contributed by atoms with van der Waals surface area (Å²) in [4.78, 5) is 48.7. The number of hydrogen-bond acceptors (Lipinski definition) is 5. The number of pyridine rings is 1. The van der Waals surface area contributed by atoms with Gasteiger partial charge in [-0.2, -0.15) is 0 Å². The lowest BCUT2D eigenvalue weighted by Gasteiger charge is -2.41. The van der Waals surface area contributed by atoms with Gasteiger partial charge in [-0.1, -0.05) is 31.4 Å². The van der Waals surface area contributed by atoms with Crippen molar-refractivity contribution in [2.75, 3.05) is 19.6 Å². The van der Waals surface area contributed by atoms with E-state index in [-0.39, 0.29) is 23.8 Å². The third-order valence-electron chi connectivity index (χ3n) is 8.06. The predicted molar refractivity (Wildman–Crippen MR) is 135 cm³/mol. The van der Waals surface area contributed by atoms with E-state index in [2.05, 4.69) is 10.3 Å². The molecule has 35 heavy (non-hydrogen) atoms. The lowest BCUT2D eigenvalue weighted by Crippen LogP contribution is -2.54. The second-order valence-corrected chi connectivity index (χ2v) is 11.2. The smallest absolute Gasteiger partial charge is 0.325 e. The first-order valence-corrected chi connectivity index (χ1v) is 13.8. The molecule has 7 nitrogen and oxygen atoms in total. The quantitative estimate of drug-likeness (QED) is 0.581. The van der Waals surface area contributed by atoms with Gasteiger partial charge < -0.3 is 10.2 Å². The molecule has 186 valence electrons. The highest BCUT2D eigenvalue weighted by Crippen LogP contribution is 2.41. The number of nitrogens with zero attached hydrogens (tertiary/aromatic N) is 3. The fourth-order valence-corrected chi connectivity index (χ4v) is 6.81. The van der Waals surface area contributed by atoms with Crippen LogP contribution in [0.2, 0.25) is 0 Å². The summed E-state index contributed by atoms with van der Waals surface area (Å²) in [6.45, 7) is 1.60. The zero-order valence-electron chi connectivity index (χ0n) is 20.2. The maximum Gasteiger partial charge on any atom is 0.325 e. The van der Waals surface area contributed by atoms with Crippen molar-refractivity contribution in [3.63, 3.8) is 0 Å². The number of nitrogens with one attached hydrogen (secondary N) is 1. The van der Waals surface area contributed by atoms with Crippen LogP contribution in [0.3, 0.4) is 0 Å². The Hall–Kier alpha value is -2.74. The fourth-order valence-electron chi connectivity index (χ4n) is 6.11. The van der Waals surface area contributed by atoms with Gasteiger partial charge in [0.25, 0.3) is 5.91 Å². The van der Waals surface area contributed by atoms with E-state index in [1.165, 1.54) is 24.2 Å². The maximum atomic E-state index is 13.9. The number of likely N-dealkylation sites (tertiary alicyclic amines) is 1. The van der Waals surface area contributed by atoms with Crippen molar-refractivity contribution in [3.05, 3.63) is 52.5 Å². The van der Waals surface area contributed by atoms with Crippen molar-refractivity contribution in [3.8, 4) is 0 Å². The number of carbonyl (C=O) groups is 3. The summed E-state index contributed by atoms with van der Waals surface area (Å²) < 4.78 is 0. The minimum absolute atomic E-state index is 0.0892. The van der Waals surface area contributed by atoms with Crippen molar-refractivity contribution in [2.45, 2.75) is 63.3 Å². The zero-order valence-corrected chi connectivity index (χ0v) is 21.0. The number of aromatic nitrogens is 1. The molecule has 2 aromatic heterocycles. The third-order valence-corrected chi connectivity index (χ3v) is 8.99. The summed E-state index contributed by atoms with van der Waals surface area (Å²) in [5, 5.41) is 5.09. The molecule has 1 atom stereocenters. The largest absolute Gasteiger partial charge is 0.343 e. The van der Waals surface area contributed by atoms with Crippen LogP contribution in [0.15, 0.2) is 42.0 Å². The second-order valence-electron chi connectivity index (χ2n) is 10.1. The van der Waals surface area contributed by atoms with Crippen LogP contribution in [0.4, 0.5) is 4.79 Å². The van der Waals surface area contributed by atoms with Gasteiger partial charge in [0, 0.05) is 48.9 Å². The Balaban J connectivity index is 1.30. The van der Waals surface area contributed by atoms with Gasteiger partial charge in [0.05, 0.1) is 0 Å². The molecular weight excluding hydrogens is 460 g/mol. The highest BCUT2D eigenvalue weighted by atomic mass is 32.1. The molecule has 0 bridgehead atoms. The summed E-state index contributed by atoms with van der Waals surface area (Å²) in [5.74, 6) is 0.473. The van der Waals surface area contributed by atoms with E-state index >= 15 is 0 Å². The fraction of sp³-hybridized carbons (Fsp3) is 0.556. The van der Waals surface area contributed by atoms with E-state index in [0.29, 0.717) is 51.2 Å². The molecule has 0 aromatic carbocycles. The Bertz CT molecular complexity index is 1030. The lowest BCUT2D eigenvalue weighted by atomic mass is 9.73. The maximum absolute atomic E-state index is 13.9. The van der Waals surface area contributed by atoms with Gasteiger partial charge in [0.2, 0.25) is 5.91 Å². The molecule has 0 spiro atoms. The second kappa shape index (κ2) is 10.5. The number of imide groups is 1. The van der Waals surface area contributed by atoms with Crippen LogP contribution in [0, 0.1) is 11.8 Å². The Morgan fingerprint density at radius 1 is 1.09 bits per heavy atom. The minimum atomic E-state index is -1.13. The number of carbonyl (C=O) groups excluding carboxylic acids is 3. The van der Waals surface area contributed by atoms with Gasteiger partial charge in [-0.05, 0) is 61.5 Å². The topological polar surface area (TPSA) is 82.6 Å². The van der Waals surface area contributed by atoms with E-state index < -0.39 is 5.54 Å². The van der Waals surface area contributed by atoms with E-state index in [0.717, 1.165) is 23.3 Å². The van der Waals surface area contributed by atoms with Crippen LogP contribution < -0.4 is 5.32 Å². The van der Waals surface area contributed by atoms with E-state index in [4.69, 9.17) is 0 Å². The molecule has 4 amide bonds. The molecule has 0 radical (unpaired) electrons. The summed E-state index contributed by atoms with van der Waals surface area (Å²) >= 11 is 1.63. The van der Waals surface area contributed by atoms with Crippen molar-refractivity contribution < 1.29 is 14.4 Å². The Morgan fingerprint density at radius 3 is 2.57 bits per heavy atom. The predicted octanol–water partition coefficient (Wildman–Crippen LogP) is 4.34. The molecule has 0 unspecified atom stereocenters. The van der Waals surface area contributed by atoms with E-state index in [1.807, 2.05) is 34.5 Å². The van der Waals surface area contributed by atoms with Crippen LogP contribution in [-0.4, -0.2) is 52.3 Å². The van der Waals surface area contributed by atoms with Crippen molar-refractivity contribution in [1.29, 1.82) is 0 Å². The molecule has 5 rings (SSSR count). The average molecular weight is 495 g/mol. The molecule has 8 heteroatoms. The minimum Gasteiger partial charge on any atom is -0.343 e. The molecule has 2 saturated heterocycles. The van der Waals surface area contributed by atoms with Gasteiger partial charge in [0.1, 0.15) is 0 Å². The monoisotopic (exact) mass is 494 g/mol. The molecule has 2 aromatic rings. The Kier molecular flexibility index (Phi) is 7.18. The van der Waals surface area contributed by atoms with Crippen LogP contribution in [-0.2, 0) is 21.5 Å². The number of thiophene rings is 1. The van der Waals surface area contributed by atoms with Gasteiger partial charge in [-0.3, -0.25) is 19.5 Å². The molecular formula is C27H34N4O3S. The summed E-state index contributed by atoms with van der Waals surface area (Å²) in [6, 6.07) is 7.36. The number of urea groups is 1. The number of piperidine rings is 1. The highest BCUT2D eigenvalue weighted by molar-refractivity contribution is 7.09. The van der Waals surface area contributed by atoms with E-state index in [9.17, 15) is 14.4 Å². The number of hydrogen-bond donors (Lipinski definition) is 1. The van der Waals surface area contributed by atoms with Crippen LogP contribution in [0.5, 0.6) is 0 Å². The lowest BCUT2D eigenvalue weighted by molar-refractivity contribution is -0.137.